The number of aliphatic carboxylic acids is 1. The molecular weight excluding hydrogens is 508 g/mol. The number of alkyl halides is 3. The number of carboxylic acids is 1. The van der Waals surface area contributed by atoms with Gasteiger partial charge in [-0.15, -0.1) is 0 Å². The summed E-state index contributed by atoms with van der Waals surface area (Å²) in [6, 6.07) is -1.41. The molecule has 0 saturated carbocycles. The third kappa shape index (κ3) is 4.18. The fourth-order valence-corrected chi connectivity index (χ4v) is 1.71. The molecule has 1 aliphatic carbocycles. The molecule has 2 N–H and O–H groups in total. The maximum absolute atomic E-state index is 12.7. The predicted octanol–water partition coefficient (Wildman–Crippen LogP) is 1.70. The maximum Gasteiger partial charge on any atom is 0.416 e. The van der Waals surface area contributed by atoms with Crippen LogP contribution in [0.25, 0.3) is 0 Å². The zero-order chi connectivity index (χ0) is 13.8. The van der Waals surface area contributed by atoms with Gasteiger partial charge in [-0.1, -0.05) is 12.2 Å². The number of hydrogen-bond donors (Lipinski definition) is 2. The van der Waals surface area contributed by atoms with Crippen LogP contribution in [0.1, 0.15) is 19.3 Å². The van der Waals surface area contributed by atoms with Gasteiger partial charge in [-0.3, -0.25) is 4.79 Å². The van der Waals surface area contributed by atoms with Gasteiger partial charge in [0.2, 0.25) is 0 Å². The van der Waals surface area contributed by atoms with Crippen molar-refractivity contribution in [1.29, 1.82) is 0 Å². The molecule has 1 aliphatic rings. The number of amides is 1. The molecule has 4 nitrogen and oxygen atoms in total. The summed E-state index contributed by atoms with van der Waals surface area (Å²) >= 11 is 0. The van der Waals surface area contributed by atoms with Gasteiger partial charge in [0, 0.05) is 6.42 Å². The quantitative estimate of drug-likeness (QED) is 0.430. The van der Waals surface area contributed by atoms with Crippen molar-refractivity contribution in [3.63, 3.8) is 0 Å². The van der Waals surface area contributed by atoms with Crippen molar-refractivity contribution in [2.75, 3.05) is 0 Å². The molecule has 0 aromatic rings. The summed E-state index contributed by atoms with van der Waals surface area (Å²) < 4.78 is 38.0. The van der Waals surface area contributed by atoms with Crippen molar-refractivity contribution in [1.82, 2.24) is 5.32 Å². The van der Waals surface area contributed by atoms with Crippen LogP contribution in [-0.4, -0.2) is 29.7 Å². The van der Waals surface area contributed by atoms with Crippen LogP contribution in [0.3, 0.4) is 0 Å². The minimum absolute atomic E-state index is 0. The number of carbonyl (C=O) groups excluding carboxylic acids is 1. The summed E-state index contributed by atoms with van der Waals surface area (Å²) in [6.07, 6.45) is -0.654. The third-order valence-electron chi connectivity index (χ3n) is 2.51. The SMILES string of the molecule is O=[C-]N[C@@H](CC1=CCCC=C1C(F)(F)F)C(=O)O.[Fm]. The molecule has 112 valence electrons. The van der Waals surface area contributed by atoms with Crippen molar-refractivity contribution < 1.29 is 27.9 Å². The van der Waals surface area contributed by atoms with Gasteiger partial charge in [-0.2, -0.15) is 19.6 Å². The number of hydrogen-bond acceptors (Lipinski definition) is 2. The normalized spacial score (nSPS) is 16.6. The van der Waals surface area contributed by atoms with Gasteiger partial charge in [-0.25, -0.2) is 0 Å². The Morgan fingerprint density at radius 1 is 1.42 bits per heavy atom. The summed E-state index contributed by atoms with van der Waals surface area (Å²) in [4.78, 5) is 20.8. The Labute approximate surface area is 101 Å². The van der Waals surface area contributed by atoms with E-state index in [0.29, 0.717) is 6.42 Å². The number of carboxylic acid groups (broad SMARTS) is 1. The van der Waals surface area contributed by atoms with Crippen LogP contribution in [0.2, 0.25) is 0 Å². The van der Waals surface area contributed by atoms with Gasteiger partial charge in [0.15, 0.2) is 0 Å². The number of carbonyl (C=O) groups is 1. The Hall–Kier alpha value is -2.79. The number of allylic oxidation sites excluding steroid dienone is 3. The summed E-state index contributed by atoms with van der Waals surface area (Å²) in [6.45, 7) is 0. The monoisotopic (exact) mass is 519 g/mol. The van der Waals surface area contributed by atoms with Crippen LogP contribution in [0.4, 0.5) is 13.2 Å². The third-order valence-corrected chi connectivity index (χ3v) is 2.51. The number of nitrogens with one attached hydrogen (secondary N) is 1. The Bertz CT molecular complexity index is 404. The fraction of sp³-hybridized carbons (Fsp3) is 0.455. The van der Waals surface area contributed by atoms with Crippen molar-refractivity contribution in [3.8, 4) is 0 Å². The molecule has 0 heterocycles. The van der Waals surface area contributed by atoms with Crippen LogP contribution < -0.4 is 5.32 Å². The van der Waals surface area contributed by atoms with E-state index < -0.39 is 30.2 Å². The standard InChI is InChI=1S/C11H11F3NO3.Fm/c12-11(13,14)8-4-2-1-3-7(8)5-9(10(17)18)15-6-16;/h3-4,9H,1-2,5H2,(H,15,16)(H,17,18);/q-1;/t9-;/m0./s1. The first kappa shape index (κ1) is 16.2. The second-order valence-corrected chi connectivity index (χ2v) is 3.76. The fourth-order valence-electron chi connectivity index (χ4n) is 1.71. The first-order valence-electron chi connectivity index (χ1n) is 5.18. The summed E-state index contributed by atoms with van der Waals surface area (Å²) in [5, 5.41) is 10.6. The van der Waals surface area contributed by atoms with E-state index in [9.17, 15) is 22.8 Å². The van der Waals surface area contributed by atoms with Gasteiger partial charge in [0.1, 0.15) is 6.04 Å². The molecule has 0 bridgehead atoms. The Morgan fingerprint density at radius 3 is 2.47 bits per heavy atom. The average Bonchev–Trinajstić information content (AvgIpc) is 2.27. The Balaban J connectivity index is 0.00000324. The zero-order valence-electron chi connectivity index (χ0n) is 9.54. The summed E-state index contributed by atoms with van der Waals surface area (Å²) in [5.41, 5.74) is -0.934. The minimum atomic E-state index is -4.51. The molecule has 0 aromatic carbocycles. The van der Waals surface area contributed by atoms with Gasteiger partial charge in [0.25, 0.3) is 0 Å². The molecule has 0 fully saturated rings. The van der Waals surface area contributed by atoms with E-state index >= 15 is 0 Å². The number of halogens is 3. The smallest absolute Gasteiger partial charge is 0.416 e. The molecule has 0 spiro atoms. The molecule has 8 heteroatoms. The molecule has 0 radical (unpaired) electrons. The summed E-state index contributed by atoms with van der Waals surface area (Å²) in [5.74, 6) is -1.40. The molecule has 19 heavy (non-hydrogen) atoms. The van der Waals surface area contributed by atoms with Crippen LogP contribution in [0, 0.1) is 0 Å². The van der Waals surface area contributed by atoms with Crippen molar-refractivity contribution >= 4 is 12.4 Å². The minimum Gasteiger partial charge on any atom is -0.520 e. The molecule has 0 aliphatic heterocycles. The van der Waals surface area contributed by atoms with Crippen LogP contribution in [-0.2, 0) is 9.59 Å². The van der Waals surface area contributed by atoms with Crippen molar-refractivity contribution in [2.45, 2.75) is 31.5 Å². The molecule has 1 rings (SSSR count). The van der Waals surface area contributed by atoms with Gasteiger partial charge < -0.3 is 15.2 Å². The molecule has 0 saturated heterocycles. The molecule has 1 amide bonds. The van der Waals surface area contributed by atoms with E-state index in [0.717, 1.165) is 6.08 Å². The Morgan fingerprint density at radius 2 is 2.00 bits per heavy atom. The van der Waals surface area contributed by atoms with E-state index in [1.807, 2.05) is 5.32 Å². The summed E-state index contributed by atoms with van der Waals surface area (Å²) in [7, 11) is 0. The van der Waals surface area contributed by atoms with Crippen LogP contribution in [0.15, 0.2) is 23.3 Å². The molecule has 0 unspecified atom stereocenters. The first-order chi connectivity index (χ1) is 8.36. The van der Waals surface area contributed by atoms with Gasteiger partial charge >= 0.3 is 12.1 Å². The maximum atomic E-state index is 12.7. The number of rotatable bonds is 5. The molecular formula is C11H11F3FmNO3-. The van der Waals surface area contributed by atoms with E-state index in [1.54, 1.807) is 0 Å². The molecule has 0 aromatic heterocycles. The Kier molecular flexibility index (Phi) is 5.31. The van der Waals surface area contributed by atoms with E-state index in [2.05, 4.69) is 0 Å². The zero-order valence-corrected chi connectivity index (χ0v) is 11.9. The van der Waals surface area contributed by atoms with Gasteiger partial charge in [0.05, 0.1) is 5.57 Å². The second kappa shape index (κ2) is 6.23. The van der Waals surface area contributed by atoms with Crippen LogP contribution >= 0.6 is 0 Å². The van der Waals surface area contributed by atoms with Crippen molar-refractivity contribution in [3.05, 3.63) is 23.3 Å². The van der Waals surface area contributed by atoms with E-state index in [-0.39, 0.29) is 12.0 Å². The van der Waals surface area contributed by atoms with Crippen LogP contribution in [0.5, 0.6) is 0 Å². The molecule has 1 atom stereocenters. The second-order valence-electron chi connectivity index (χ2n) is 3.76. The van der Waals surface area contributed by atoms with Crippen molar-refractivity contribution in [2.24, 2.45) is 0 Å². The average molecular weight is 519 g/mol. The topological polar surface area (TPSA) is 66.4 Å². The predicted molar refractivity (Wildman–Crippen MR) is 56.3 cm³/mol. The van der Waals surface area contributed by atoms with E-state index in [1.165, 1.54) is 12.5 Å². The first-order valence-corrected chi connectivity index (χ1v) is 5.18. The van der Waals surface area contributed by atoms with E-state index in [4.69, 9.17) is 5.11 Å². The largest absolute Gasteiger partial charge is 0.520 e. The van der Waals surface area contributed by atoms with Gasteiger partial charge in [-0.05, 0) is 18.4 Å².